The second-order valence-corrected chi connectivity index (χ2v) is 5.28. The van der Waals surface area contributed by atoms with Gasteiger partial charge >= 0.3 is 0 Å². The van der Waals surface area contributed by atoms with Gasteiger partial charge in [-0.05, 0) is 25.7 Å². The van der Waals surface area contributed by atoms with Crippen LogP contribution in [0.15, 0.2) is 0 Å². The molecule has 1 aliphatic heterocycles. The molecule has 0 bridgehead atoms. The van der Waals surface area contributed by atoms with Crippen molar-refractivity contribution in [1.82, 2.24) is 10.2 Å². The minimum absolute atomic E-state index is 0.113. The van der Waals surface area contributed by atoms with Crippen molar-refractivity contribution in [1.29, 1.82) is 0 Å². The Morgan fingerprint density at radius 2 is 2.06 bits per heavy atom. The first-order valence-corrected chi connectivity index (χ1v) is 6.79. The fourth-order valence-electron chi connectivity index (χ4n) is 2.70. The molecule has 92 valence electrons. The van der Waals surface area contributed by atoms with E-state index in [2.05, 4.69) is 24.1 Å². The summed E-state index contributed by atoms with van der Waals surface area (Å²) < 4.78 is 0. The quantitative estimate of drug-likeness (QED) is 0.750. The van der Waals surface area contributed by atoms with E-state index in [-0.39, 0.29) is 5.54 Å². The average Bonchev–Trinajstić information content (AvgIpc) is 2.99. The Morgan fingerprint density at radius 3 is 2.56 bits per heavy atom. The van der Waals surface area contributed by atoms with Crippen molar-refractivity contribution in [3.8, 4) is 0 Å². The molecule has 1 heterocycles. The van der Waals surface area contributed by atoms with Crippen LogP contribution in [0.2, 0.25) is 0 Å². The van der Waals surface area contributed by atoms with Gasteiger partial charge in [0, 0.05) is 6.04 Å². The molecule has 1 amide bonds. The maximum absolute atomic E-state index is 12.2. The monoisotopic (exact) mass is 224 g/mol. The highest BCUT2D eigenvalue weighted by Gasteiger charge is 2.56. The summed E-state index contributed by atoms with van der Waals surface area (Å²) in [4.78, 5) is 14.3. The van der Waals surface area contributed by atoms with Crippen LogP contribution in [-0.2, 0) is 4.79 Å². The third kappa shape index (κ3) is 2.10. The first kappa shape index (κ1) is 11.9. The van der Waals surface area contributed by atoms with Gasteiger partial charge in [-0.15, -0.1) is 0 Å². The molecule has 2 fully saturated rings. The minimum Gasteiger partial charge on any atom is -0.325 e. The van der Waals surface area contributed by atoms with Gasteiger partial charge in [-0.2, -0.15) is 0 Å². The van der Waals surface area contributed by atoms with Gasteiger partial charge in [0.05, 0.1) is 12.2 Å². The van der Waals surface area contributed by atoms with E-state index in [0.29, 0.717) is 11.9 Å². The lowest BCUT2D eigenvalue weighted by atomic mass is 10.0. The predicted octanol–water partition coefficient (Wildman–Crippen LogP) is 2.27. The van der Waals surface area contributed by atoms with E-state index in [0.717, 1.165) is 25.9 Å². The zero-order valence-corrected chi connectivity index (χ0v) is 10.6. The molecule has 3 heteroatoms. The molecule has 1 saturated carbocycles. The van der Waals surface area contributed by atoms with E-state index in [1.54, 1.807) is 0 Å². The van der Waals surface area contributed by atoms with Gasteiger partial charge in [-0.25, -0.2) is 0 Å². The number of hydrogen-bond donors (Lipinski definition) is 1. The number of amides is 1. The molecule has 1 N–H and O–H groups in total. The van der Waals surface area contributed by atoms with Crippen LogP contribution in [0.4, 0.5) is 0 Å². The summed E-state index contributed by atoms with van der Waals surface area (Å²) in [5, 5.41) is 3.40. The number of carbonyl (C=O) groups excluding carboxylic acids is 1. The van der Waals surface area contributed by atoms with E-state index >= 15 is 0 Å². The van der Waals surface area contributed by atoms with Gasteiger partial charge in [-0.3, -0.25) is 10.1 Å². The molecule has 3 nitrogen and oxygen atoms in total. The van der Waals surface area contributed by atoms with Gasteiger partial charge in [0.2, 0.25) is 5.91 Å². The third-order valence-electron chi connectivity index (χ3n) is 3.96. The highest BCUT2D eigenvalue weighted by molar-refractivity contribution is 5.91. The maximum atomic E-state index is 12.2. The lowest BCUT2D eigenvalue weighted by Gasteiger charge is -2.27. The summed E-state index contributed by atoms with van der Waals surface area (Å²) in [7, 11) is 0. The lowest BCUT2D eigenvalue weighted by molar-refractivity contribution is -0.131. The van der Waals surface area contributed by atoms with Gasteiger partial charge in [-0.1, -0.05) is 33.1 Å². The summed E-state index contributed by atoms with van der Waals surface area (Å²) in [5.74, 6) is 0.377. The molecular weight excluding hydrogens is 200 g/mol. The van der Waals surface area contributed by atoms with Crippen LogP contribution < -0.4 is 5.32 Å². The Labute approximate surface area is 98.6 Å². The molecule has 1 spiro atoms. The van der Waals surface area contributed by atoms with Gasteiger partial charge in [0.15, 0.2) is 0 Å². The first-order valence-electron chi connectivity index (χ1n) is 6.79. The highest BCUT2D eigenvalue weighted by atomic mass is 16.2. The summed E-state index contributed by atoms with van der Waals surface area (Å²) in [5.41, 5.74) is -0.113. The number of nitrogens with one attached hydrogen (secondary N) is 1. The second kappa shape index (κ2) is 4.74. The standard InChI is InChI=1S/C13H24N2O/c1-3-5-7-11(6-4-2)15-10-14-13(8-9-13)12(15)16/h11,14H,3-10H2,1-2H3. The van der Waals surface area contributed by atoms with Crippen molar-refractivity contribution in [2.45, 2.75) is 70.4 Å². The summed E-state index contributed by atoms with van der Waals surface area (Å²) in [6.07, 6.45) is 8.06. The second-order valence-electron chi connectivity index (χ2n) is 5.28. The zero-order valence-electron chi connectivity index (χ0n) is 10.6. The molecule has 0 aromatic heterocycles. The van der Waals surface area contributed by atoms with Gasteiger partial charge < -0.3 is 4.90 Å². The fraction of sp³-hybridized carbons (Fsp3) is 0.923. The van der Waals surface area contributed by atoms with Crippen LogP contribution >= 0.6 is 0 Å². The van der Waals surface area contributed by atoms with E-state index in [9.17, 15) is 4.79 Å². The SMILES string of the molecule is CCCCC(CCC)N1CNC2(CC2)C1=O. The topological polar surface area (TPSA) is 32.3 Å². The molecule has 1 aliphatic carbocycles. The van der Waals surface area contributed by atoms with Crippen LogP contribution in [0, 0.1) is 0 Å². The van der Waals surface area contributed by atoms with Gasteiger partial charge in [0.25, 0.3) is 0 Å². The van der Waals surface area contributed by atoms with E-state index in [1.165, 1.54) is 25.7 Å². The first-order chi connectivity index (χ1) is 7.73. The molecule has 1 atom stereocenters. The lowest BCUT2D eigenvalue weighted by Crippen LogP contribution is -2.39. The average molecular weight is 224 g/mol. The van der Waals surface area contributed by atoms with Crippen molar-refractivity contribution in [3.05, 3.63) is 0 Å². The molecular formula is C13H24N2O. The molecule has 16 heavy (non-hydrogen) atoms. The predicted molar refractivity (Wildman–Crippen MR) is 65.0 cm³/mol. The van der Waals surface area contributed by atoms with Crippen LogP contribution in [0.5, 0.6) is 0 Å². The molecule has 1 unspecified atom stereocenters. The number of rotatable bonds is 6. The van der Waals surface area contributed by atoms with Crippen molar-refractivity contribution in [2.24, 2.45) is 0 Å². The Balaban J connectivity index is 1.94. The normalized spacial score (nSPS) is 24.1. The number of nitrogens with zero attached hydrogens (tertiary/aromatic N) is 1. The van der Waals surface area contributed by atoms with E-state index in [1.807, 2.05) is 0 Å². The zero-order chi connectivity index (χ0) is 11.6. The van der Waals surface area contributed by atoms with Crippen LogP contribution in [0.3, 0.4) is 0 Å². The Morgan fingerprint density at radius 1 is 1.31 bits per heavy atom. The third-order valence-corrected chi connectivity index (χ3v) is 3.96. The van der Waals surface area contributed by atoms with Crippen LogP contribution in [0.1, 0.15) is 58.8 Å². The molecule has 0 aromatic rings. The molecule has 2 aliphatic rings. The fourth-order valence-corrected chi connectivity index (χ4v) is 2.70. The smallest absolute Gasteiger partial charge is 0.244 e. The highest BCUT2D eigenvalue weighted by Crippen LogP contribution is 2.41. The van der Waals surface area contributed by atoms with Crippen LogP contribution in [-0.4, -0.2) is 29.1 Å². The maximum Gasteiger partial charge on any atom is 0.244 e. The van der Waals surface area contributed by atoms with Gasteiger partial charge in [0.1, 0.15) is 0 Å². The van der Waals surface area contributed by atoms with Crippen molar-refractivity contribution < 1.29 is 4.79 Å². The van der Waals surface area contributed by atoms with Crippen molar-refractivity contribution >= 4 is 5.91 Å². The largest absolute Gasteiger partial charge is 0.325 e. The number of carbonyl (C=O) groups is 1. The Hall–Kier alpha value is -0.570. The molecule has 0 radical (unpaired) electrons. The number of unbranched alkanes of at least 4 members (excludes halogenated alkanes) is 1. The van der Waals surface area contributed by atoms with Crippen LogP contribution in [0.25, 0.3) is 0 Å². The summed E-state index contributed by atoms with van der Waals surface area (Å²) in [6, 6.07) is 0.477. The summed E-state index contributed by atoms with van der Waals surface area (Å²) >= 11 is 0. The van der Waals surface area contributed by atoms with Crippen molar-refractivity contribution in [3.63, 3.8) is 0 Å². The van der Waals surface area contributed by atoms with E-state index in [4.69, 9.17) is 0 Å². The van der Waals surface area contributed by atoms with Crippen molar-refractivity contribution in [2.75, 3.05) is 6.67 Å². The molecule has 1 saturated heterocycles. The number of hydrogen-bond acceptors (Lipinski definition) is 2. The Kier molecular flexibility index (Phi) is 3.53. The Bertz CT molecular complexity index is 261. The summed E-state index contributed by atoms with van der Waals surface area (Å²) in [6.45, 7) is 5.21. The van der Waals surface area contributed by atoms with E-state index < -0.39 is 0 Å². The molecule has 2 rings (SSSR count). The minimum atomic E-state index is -0.113. The molecule has 0 aromatic carbocycles.